The number of ether oxygens (including phenoxy) is 2. The molecule has 1 aromatic rings. The number of nitrogen functional groups attached to an aromatic ring is 1. The van der Waals surface area contributed by atoms with Crippen LogP contribution in [0.3, 0.4) is 0 Å². The molecule has 0 aliphatic carbocycles. The van der Waals surface area contributed by atoms with Gasteiger partial charge in [-0.05, 0) is 24.1 Å². The van der Waals surface area contributed by atoms with Crippen LogP contribution >= 0.6 is 11.6 Å². The average Bonchev–Trinajstić information content (AvgIpc) is 2.20. The highest BCUT2D eigenvalue weighted by Gasteiger charge is 2.01. The van der Waals surface area contributed by atoms with Crippen molar-refractivity contribution in [1.29, 1.82) is 0 Å². The van der Waals surface area contributed by atoms with Crippen molar-refractivity contribution in [2.75, 3.05) is 25.6 Å². The van der Waals surface area contributed by atoms with E-state index in [1.54, 1.807) is 18.2 Å². The molecule has 4 heteroatoms. The van der Waals surface area contributed by atoms with Gasteiger partial charge in [-0.3, -0.25) is 0 Å². The van der Waals surface area contributed by atoms with Crippen molar-refractivity contribution in [3.05, 3.63) is 23.2 Å². The first kappa shape index (κ1) is 13.1. The molecule has 0 radical (unpaired) electrons. The van der Waals surface area contributed by atoms with Crippen molar-refractivity contribution >= 4 is 17.3 Å². The van der Waals surface area contributed by atoms with Crippen LogP contribution in [0.4, 0.5) is 5.69 Å². The van der Waals surface area contributed by atoms with Crippen molar-refractivity contribution in [2.45, 2.75) is 13.8 Å². The summed E-state index contributed by atoms with van der Waals surface area (Å²) >= 11 is 5.78. The highest BCUT2D eigenvalue weighted by atomic mass is 35.5. The zero-order chi connectivity index (χ0) is 12.0. The number of hydrogen-bond acceptors (Lipinski definition) is 3. The highest BCUT2D eigenvalue weighted by Crippen LogP contribution is 2.24. The number of hydrogen-bond donors (Lipinski definition) is 1. The first-order chi connectivity index (χ1) is 7.59. The van der Waals surface area contributed by atoms with Crippen LogP contribution in [0.2, 0.25) is 5.02 Å². The zero-order valence-electron chi connectivity index (χ0n) is 9.70. The molecule has 0 amide bonds. The Morgan fingerprint density at radius 1 is 1.31 bits per heavy atom. The molecule has 0 bridgehead atoms. The Bertz CT molecular complexity index is 329. The molecule has 1 aromatic carbocycles. The van der Waals surface area contributed by atoms with E-state index < -0.39 is 0 Å². The molecule has 0 heterocycles. The molecule has 0 atom stereocenters. The minimum Gasteiger partial charge on any atom is -0.489 e. The molecule has 3 nitrogen and oxygen atoms in total. The minimum absolute atomic E-state index is 0.499. The smallest absolute Gasteiger partial charge is 0.142 e. The van der Waals surface area contributed by atoms with Gasteiger partial charge in [0.25, 0.3) is 0 Å². The molecule has 2 N–H and O–H groups in total. The predicted octanol–water partition coefficient (Wildman–Crippen LogP) is 2.97. The zero-order valence-corrected chi connectivity index (χ0v) is 10.5. The second kappa shape index (κ2) is 6.61. The fraction of sp³-hybridized carbons (Fsp3) is 0.500. The summed E-state index contributed by atoms with van der Waals surface area (Å²) in [5.74, 6) is 1.19. The van der Waals surface area contributed by atoms with Gasteiger partial charge in [-0.1, -0.05) is 25.4 Å². The van der Waals surface area contributed by atoms with Crippen LogP contribution in [0.15, 0.2) is 18.2 Å². The van der Waals surface area contributed by atoms with Crippen LogP contribution in [-0.4, -0.2) is 19.8 Å². The van der Waals surface area contributed by atoms with E-state index in [-0.39, 0.29) is 0 Å². The predicted molar refractivity (Wildman–Crippen MR) is 67.0 cm³/mol. The van der Waals surface area contributed by atoms with Gasteiger partial charge in [-0.15, -0.1) is 0 Å². The summed E-state index contributed by atoms with van der Waals surface area (Å²) in [7, 11) is 0. The third-order valence-electron chi connectivity index (χ3n) is 1.91. The maximum absolute atomic E-state index is 5.78. The lowest BCUT2D eigenvalue weighted by molar-refractivity contribution is 0.0821. The normalized spacial score (nSPS) is 10.8. The molecule has 0 saturated heterocycles. The van der Waals surface area contributed by atoms with E-state index in [0.717, 1.165) is 6.61 Å². The molecule has 0 aromatic heterocycles. The van der Waals surface area contributed by atoms with Crippen LogP contribution in [0.25, 0.3) is 0 Å². The quantitative estimate of drug-likeness (QED) is 0.617. The standard InChI is InChI=1S/C12H18ClNO2/c1-9(2)8-15-5-6-16-12-4-3-10(13)7-11(12)14/h3-4,7,9H,5-6,8,14H2,1-2H3. The average molecular weight is 244 g/mol. The Balaban J connectivity index is 2.27. The fourth-order valence-electron chi connectivity index (χ4n) is 1.18. The van der Waals surface area contributed by atoms with Gasteiger partial charge < -0.3 is 15.2 Å². The Morgan fingerprint density at radius 2 is 2.06 bits per heavy atom. The van der Waals surface area contributed by atoms with E-state index in [2.05, 4.69) is 13.8 Å². The monoisotopic (exact) mass is 243 g/mol. The van der Waals surface area contributed by atoms with Crippen molar-refractivity contribution in [2.24, 2.45) is 5.92 Å². The molecule has 0 fully saturated rings. The summed E-state index contributed by atoms with van der Waals surface area (Å²) in [5.41, 5.74) is 6.29. The summed E-state index contributed by atoms with van der Waals surface area (Å²) in [6.45, 7) is 6.04. The minimum atomic E-state index is 0.499. The molecule has 1 rings (SSSR count). The molecule has 90 valence electrons. The summed E-state index contributed by atoms with van der Waals surface area (Å²) in [4.78, 5) is 0. The fourth-order valence-corrected chi connectivity index (χ4v) is 1.36. The van der Waals surface area contributed by atoms with Gasteiger partial charge in [0.2, 0.25) is 0 Å². The summed E-state index contributed by atoms with van der Waals surface area (Å²) < 4.78 is 10.9. The second-order valence-corrected chi connectivity index (χ2v) is 4.44. The van der Waals surface area contributed by atoms with Crippen LogP contribution in [0.1, 0.15) is 13.8 Å². The Morgan fingerprint density at radius 3 is 2.69 bits per heavy atom. The van der Waals surface area contributed by atoms with Crippen molar-refractivity contribution in [3.8, 4) is 5.75 Å². The highest BCUT2D eigenvalue weighted by molar-refractivity contribution is 6.30. The van der Waals surface area contributed by atoms with Gasteiger partial charge in [0.05, 0.1) is 12.3 Å². The topological polar surface area (TPSA) is 44.5 Å². The van der Waals surface area contributed by atoms with Gasteiger partial charge in [0, 0.05) is 11.6 Å². The van der Waals surface area contributed by atoms with Gasteiger partial charge in [-0.25, -0.2) is 0 Å². The molecule has 0 aliphatic heterocycles. The number of halogens is 1. The number of nitrogens with two attached hydrogens (primary N) is 1. The maximum Gasteiger partial charge on any atom is 0.142 e. The van der Waals surface area contributed by atoms with E-state index in [0.29, 0.717) is 35.6 Å². The van der Waals surface area contributed by atoms with Crippen molar-refractivity contribution in [3.63, 3.8) is 0 Å². The van der Waals surface area contributed by atoms with Gasteiger partial charge in [-0.2, -0.15) is 0 Å². The van der Waals surface area contributed by atoms with Crippen molar-refractivity contribution < 1.29 is 9.47 Å². The molecular formula is C12H18ClNO2. The van der Waals surface area contributed by atoms with E-state index in [1.807, 2.05) is 0 Å². The largest absolute Gasteiger partial charge is 0.489 e. The molecule has 0 aliphatic rings. The van der Waals surface area contributed by atoms with E-state index >= 15 is 0 Å². The third kappa shape index (κ3) is 4.73. The third-order valence-corrected chi connectivity index (χ3v) is 2.14. The van der Waals surface area contributed by atoms with Gasteiger partial charge in [0.1, 0.15) is 12.4 Å². The second-order valence-electron chi connectivity index (χ2n) is 4.00. The molecule has 0 saturated carbocycles. The van der Waals surface area contributed by atoms with Gasteiger partial charge >= 0.3 is 0 Å². The van der Waals surface area contributed by atoms with Crippen LogP contribution < -0.4 is 10.5 Å². The number of anilines is 1. The summed E-state index contributed by atoms with van der Waals surface area (Å²) in [6.07, 6.45) is 0. The SMILES string of the molecule is CC(C)COCCOc1ccc(Cl)cc1N. The van der Waals surface area contributed by atoms with E-state index in [4.69, 9.17) is 26.8 Å². The number of rotatable bonds is 6. The van der Waals surface area contributed by atoms with Crippen LogP contribution in [0.5, 0.6) is 5.75 Å². The Kier molecular flexibility index (Phi) is 5.43. The number of benzene rings is 1. The molecule has 0 unspecified atom stereocenters. The molecule has 0 spiro atoms. The lowest BCUT2D eigenvalue weighted by Gasteiger charge is -2.10. The summed E-state index contributed by atoms with van der Waals surface area (Å²) in [5, 5.41) is 0.612. The Labute approximate surface area is 101 Å². The first-order valence-corrected chi connectivity index (χ1v) is 5.73. The molecule has 16 heavy (non-hydrogen) atoms. The lowest BCUT2D eigenvalue weighted by atomic mass is 10.2. The van der Waals surface area contributed by atoms with Crippen molar-refractivity contribution in [1.82, 2.24) is 0 Å². The molecular weight excluding hydrogens is 226 g/mol. The first-order valence-electron chi connectivity index (χ1n) is 5.35. The lowest BCUT2D eigenvalue weighted by Crippen LogP contribution is -2.10. The van der Waals surface area contributed by atoms with Gasteiger partial charge in [0.15, 0.2) is 0 Å². The maximum atomic E-state index is 5.78. The summed E-state index contributed by atoms with van der Waals surface area (Å²) in [6, 6.07) is 5.19. The van der Waals surface area contributed by atoms with Crippen LogP contribution in [-0.2, 0) is 4.74 Å². The van der Waals surface area contributed by atoms with E-state index in [1.165, 1.54) is 0 Å². The Hall–Kier alpha value is -0.930. The van der Waals surface area contributed by atoms with Crippen LogP contribution in [0, 0.1) is 5.92 Å². The van der Waals surface area contributed by atoms with E-state index in [9.17, 15) is 0 Å².